The normalized spacial score (nSPS) is 10.8. The first-order valence-electron chi connectivity index (χ1n) is 9.68. The Morgan fingerprint density at radius 3 is 2.53 bits per heavy atom. The van der Waals surface area contributed by atoms with Crippen LogP contribution >= 0.6 is 11.3 Å². The van der Waals surface area contributed by atoms with E-state index in [0.29, 0.717) is 25.1 Å². The van der Waals surface area contributed by atoms with Crippen molar-refractivity contribution in [2.45, 2.75) is 19.9 Å². The van der Waals surface area contributed by atoms with E-state index < -0.39 is 0 Å². The third kappa shape index (κ3) is 4.75. The number of phenols is 1. The number of fused-ring (bicyclic) bond motifs is 1. The van der Waals surface area contributed by atoms with E-state index in [1.54, 1.807) is 29.8 Å². The van der Waals surface area contributed by atoms with Gasteiger partial charge in [-0.3, -0.25) is 4.79 Å². The van der Waals surface area contributed by atoms with Gasteiger partial charge in [-0.2, -0.15) is 0 Å². The molecule has 0 spiro atoms. The van der Waals surface area contributed by atoms with E-state index in [0.717, 1.165) is 27.2 Å². The van der Waals surface area contributed by atoms with Gasteiger partial charge < -0.3 is 15.7 Å². The molecule has 0 aliphatic carbocycles. The SMILES string of the molecule is Cc1cc2c(NCc3ccc(C(=O)NCCc4ccc(O)cc4)cc3)ncnc2s1. The molecule has 2 aromatic heterocycles. The summed E-state index contributed by atoms with van der Waals surface area (Å²) < 4.78 is 0. The van der Waals surface area contributed by atoms with Crippen molar-refractivity contribution < 1.29 is 9.90 Å². The molecule has 0 saturated carbocycles. The Morgan fingerprint density at radius 2 is 1.77 bits per heavy atom. The molecule has 3 N–H and O–H groups in total. The Morgan fingerprint density at radius 1 is 1.03 bits per heavy atom. The number of aryl methyl sites for hydroxylation is 1. The summed E-state index contributed by atoms with van der Waals surface area (Å²) in [6.07, 6.45) is 2.29. The van der Waals surface area contributed by atoms with Gasteiger partial charge in [-0.25, -0.2) is 9.97 Å². The van der Waals surface area contributed by atoms with Crippen LogP contribution in [0.5, 0.6) is 5.75 Å². The van der Waals surface area contributed by atoms with Crippen LogP contribution in [0.25, 0.3) is 10.2 Å². The molecule has 0 unspecified atom stereocenters. The number of hydrogen-bond donors (Lipinski definition) is 3. The lowest BCUT2D eigenvalue weighted by Crippen LogP contribution is -2.25. The largest absolute Gasteiger partial charge is 0.508 e. The number of nitrogens with zero attached hydrogens (tertiary/aromatic N) is 2. The first-order chi connectivity index (χ1) is 14.6. The highest BCUT2D eigenvalue weighted by molar-refractivity contribution is 7.18. The van der Waals surface area contributed by atoms with Gasteiger partial charge >= 0.3 is 0 Å². The van der Waals surface area contributed by atoms with E-state index >= 15 is 0 Å². The number of thiophene rings is 1. The lowest BCUT2D eigenvalue weighted by molar-refractivity contribution is 0.0954. The molecule has 30 heavy (non-hydrogen) atoms. The molecule has 0 bridgehead atoms. The predicted molar refractivity (Wildman–Crippen MR) is 120 cm³/mol. The number of hydrogen-bond acceptors (Lipinski definition) is 6. The number of rotatable bonds is 7. The van der Waals surface area contributed by atoms with Gasteiger partial charge in [-0.05, 0) is 54.8 Å². The molecule has 4 aromatic rings. The standard InChI is InChI=1S/C23H22N4O2S/c1-15-12-20-21(26-14-27-23(20)30-15)25-13-17-2-6-18(7-3-17)22(29)24-11-10-16-4-8-19(28)9-5-16/h2-9,12,14,28H,10-11,13H2,1H3,(H,24,29)(H,25,26,27). The van der Waals surface area contributed by atoms with E-state index in [4.69, 9.17) is 0 Å². The summed E-state index contributed by atoms with van der Waals surface area (Å²) >= 11 is 1.65. The number of carbonyl (C=O) groups excluding carboxylic acids is 1. The predicted octanol–water partition coefficient (Wildman–Crippen LogP) is 4.29. The minimum atomic E-state index is -0.0976. The summed E-state index contributed by atoms with van der Waals surface area (Å²) in [5.74, 6) is 0.965. The highest BCUT2D eigenvalue weighted by Crippen LogP contribution is 2.27. The van der Waals surface area contributed by atoms with Crippen molar-refractivity contribution in [3.63, 3.8) is 0 Å². The van der Waals surface area contributed by atoms with Crippen LogP contribution in [-0.2, 0) is 13.0 Å². The molecule has 0 atom stereocenters. The van der Waals surface area contributed by atoms with E-state index in [1.807, 2.05) is 36.4 Å². The average molecular weight is 419 g/mol. The fourth-order valence-corrected chi connectivity index (χ4v) is 4.01. The monoisotopic (exact) mass is 418 g/mol. The van der Waals surface area contributed by atoms with Gasteiger partial charge in [0, 0.05) is 23.5 Å². The smallest absolute Gasteiger partial charge is 0.251 e. The third-order valence-corrected chi connectivity index (χ3v) is 5.72. The number of aromatic hydroxyl groups is 1. The molecule has 0 aliphatic rings. The van der Waals surface area contributed by atoms with Crippen LogP contribution in [0, 0.1) is 6.92 Å². The number of amides is 1. The number of nitrogens with one attached hydrogen (secondary N) is 2. The zero-order valence-electron chi connectivity index (χ0n) is 16.6. The molecular formula is C23H22N4O2S. The molecule has 4 rings (SSSR count). The average Bonchev–Trinajstić information content (AvgIpc) is 3.14. The summed E-state index contributed by atoms with van der Waals surface area (Å²) in [5, 5.41) is 16.6. The van der Waals surface area contributed by atoms with Crippen molar-refractivity contribution in [1.29, 1.82) is 0 Å². The Hall–Kier alpha value is -3.45. The van der Waals surface area contributed by atoms with Crippen molar-refractivity contribution in [3.8, 4) is 5.75 Å². The fourth-order valence-electron chi connectivity index (χ4n) is 3.16. The molecule has 1 amide bonds. The molecule has 0 radical (unpaired) electrons. The van der Waals surface area contributed by atoms with E-state index in [9.17, 15) is 9.90 Å². The summed E-state index contributed by atoms with van der Waals surface area (Å²) in [7, 11) is 0. The van der Waals surface area contributed by atoms with Crippen molar-refractivity contribution in [2.75, 3.05) is 11.9 Å². The van der Waals surface area contributed by atoms with Crippen LogP contribution in [0.15, 0.2) is 60.9 Å². The Kier molecular flexibility index (Phi) is 5.90. The Balaban J connectivity index is 1.31. The van der Waals surface area contributed by atoms with Gasteiger partial charge in [0.1, 0.15) is 22.7 Å². The number of aromatic nitrogens is 2. The first kappa shape index (κ1) is 19.8. The van der Waals surface area contributed by atoms with Crippen LogP contribution < -0.4 is 10.6 Å². The van der Waals surface area contributed by atoms with E-state index in [2.05, 4.69) is 33.6 Å². The van der Waals surface area contributed by atoms with Gasteiger partial charge in [0.05, 0.1) is 5.39 Å². The maximum Gasteiger partial charge on any atom is 0.251 e. The van der Waals surface area contributed by atoms with Crippen molar-refractivity contribution >= 4 is 33.3 Å². The molecule has 0 saturated heterocycles. The summed E-state index contributed by atoms with van der Waals surface area (Å²) in [6.45, 7) is 3.21. The van der Waals surface area contributed by atoms with Crippen molar-refractivity contribution in [2.24, 2.45) is 0 Å². The first-order valence-corrected chi connectivity index (χ1v) is 10.5. The van der Waals surface area contributed by atoms with Gasteiger partial charge in [0.25, 0.3) is 5.91 Å². The second-order valence-corrected chi connectivity index (χ2v) is 8.26. The van der Waals surface area contributed by atoms with Gasteiger partial charge in [-0.1, -0.05) is 24.3 Å². The number of phenolic OH excluding ortho intramolecular Hbond substituents is 1. The van der Waals surface area contributed by atoms with Crippen LogP contribution in [0.4, 0.5) is 5.82 Å². The molecule has 2 heterocycles. The number of benzene rings is 2. The fraction of sp³-hybridized carbons (Fsp3) is 0.174. The zero-order valence-corrected chi connectivity index (χ0v) is 17.4. The molecule has 0 fully saturated rings. The maximum absolute atomic E-state index is 12.3. The minimum Gasteiger partial charge on any atom is -0.508 e. The molecule has 2 aromatic carbocycles. The summed E-state index contributed by atoms with van der Waals surface area (Å²) in [4.78, 5) is 23.2. The van der Waals surface area contributed by atoms with E-state index in [1.165, 1.54) is 4.88 Å². The van der Waals surface area contributed by atoms with Gasteiger partial charge in [0.15, 0.2) is 0 Å². The topological polar surface area (TPSA) is 87.1 Å². The lowest BCUT2D eigenvalue weighted by atomic mass is 10.1. The van der Waals surface area contributed by atoms with Crippen LogP contribution in [0.1, 0.15) is 26.4 Å². The number of carbonyl (C=O) groups is 1. The van der Waals surface area contributed by atoms with Gasteiger partial charge in [0.2, 0.25) is 0 Å². The highest BCUT2D eigenvalue weighted by Gasteiger charge is 2.08. The number of anilines is 1. The summed E-state index contributed by atoms with van der Waals surface area (Å²) in [5.41, 5.74) is 2.76. The van der Waals surface area contributed by atoms with E-state index in [-0.39, 0.29) is 11.7 Å². The summed E-state index contributed by atoms with van der Waals surface area (Å²) in [6, 6.07) is 16.6. The quantitative estimate of drug-likeness (QED) is 0.417. The van der Waals surface area contributed by atoms with Crippen molar-refractivity contribution in [3.05, 3.63) is 82.5 Å². The second-order valence-electron chi connectivity index (χ2n) is 7.02. The van der Waals surface area contributed by atoms with Gasteiger partial charge in [-0.15, -0.1) is 11.3 Å². The Labute approximate surface area is 178 Å². The minimum absolute atomic E-state index is 0.0976. The molecule has 0 aliphatic heterocycles. The zero-order chi connectivity index (χ0) is 20.9. The van der Waals surface area contributed by atoms with Crippen LogP contribution in [0.2, 0.25) is 0 Å². The molecule has 152 valence electrons. The highest BCUT2D eigenvalue weighted by atomic mass is 32.1. The molecule has 6 nitrogen and oxygen atoms in total. The molecular weight excluding hydrogens is 396 g/mol. The second kappa shape index (κ2) is 8.92. The molecule has 7 heteroatoms. The third-order valence-electron chi connectivity index (χ3n) is 4.76. The van der Waals surface area contributed by atoms with Crippen LogP contribution in [0.3, 0.4) is 0 Å². The maximum atomic E-state index is 12.3. The van der Waals surface area contributed by atoms with Crippen molar-refractivity contribution in [1.82, 2.24) is 15.3 Å². The lowest BCUT2D eigenvalue weighted by Gasteiger charge is -2.08. The Bertz CT molecular complexity index is 1150. The van der Waals surface area contributed by atoms with Crippen LogP contribution in [-0.4, -0.2) is 27.5 Å².